The van der Waals surface area contributed by atoms with Gasteiger partial charge >= 0.3 is 5.97 Å². The number of carbonyl (C=O) groups excluding carboxylic acids is 1. The van der Waals surface area contributed by atoms with Crippen LogP contribution in [0.15, 0.2) is 0 Å². The molecule has 0 fully saturated rings. The molecule has 0 spiro atoms. The van der Waals surface area contributed by atoms with E-state index in [-0.39, 0.29) is 5.97 Å². The number of aromatic nitrogens is 4. The Kier molecular flexibility index (Phi) is 4.16. The van der Waals surface area contributed by atoms with E-state index in [2.05, 4.69) is 56.6 Å². The Morgan fingerprint density at radius 3 is 2.68 bits per heavy atom. The van der Waals surface area contributed by atoms with Crippen LogP contribution in [0.1, 0.15) is 54.0 Å². The molecule has 1 aliphatic rings. The van der Waals surface area contributed by atoms with Crippen molar-refractivity contribution < 1.29 is 9.53 Å². The Morgan fingerprint density at radius 2 is 2.00 bits per heavy atom. The zero-order valence-corrected chi connectivity index (χ0v) is 14.9. The van der Waals surface area contributed by atoms with Crippen LogP contribution in [-0.2, 0) is 17.6 Å². The lowest BCUT2D eigenvalue weighted by molar-refractivity contribution is 0.0518. The summed E-state index contributed by atoms with van der Waals surface area (Å²) in [6.45, 7) is 6.40. The van der Waals surface area contributed by atoms with Gasteiger partial charge in [0.2, 0.25) is 0 Å². The number of carbonyl (C=O) groups is 1. The summed E-state index contributed by atoms with van der Waals surface area (Å²) < 4.78 is 5.78. The molecule has 0 unspecified atom stereocenters. The quantitative estimate of drug-likeness (QED) is 0.477. The number of nitrogens with zero attached hydrogens (tertiary/aromatic N) is 3. The molecule has 0 saturated carbocycles. The second-order valence-electron chi connectivity index (χ2n) is 5.51. The molecule has 1 N–H and O–H groups in total. The zero-order valence-electron chi connectivity index (χ0n) is 12.7. The molecule has 116 valence electrons. The van der Waals surface area contributed by atoms with E-state index in [1.165, 1.54) is 0 Å². The van der Waals surface area contributed by atoms with Crippen molar-refractivity contribution in [2.75, 3.05) is 6.61 Å². The third-order valence-electron chi connectivity index (χ3n) is 3.75. The Balaban J connectivity index is 2.13. The Labute approximate surface area is 142 Å². The maximum Gasteiger partial charge on any atom is 0.356 e. The lowest BCUT2D eigenvalue weighted by Gasteiger charge is -2.19. The number of aromatic amines is 1. The van der Waals surface area contributed by atoms with Crippen LogP contribution in [0, 0.1) is 3.83 Å². The first-order chi connectivity index (χ1) is 10.5. The second kappa shape index (κ2) is 5.94. The van der Waals surface area contributed by atoms with Crippen LogP contribution < -0.4 is 0 Å². The Bertz CT molecular complexity index is 739. The van der Waals surface area contributed by atoms with E-state index in [9.17, 15) is 4.79 Å². The SMILES string of the molecule is CCOC(=O)c1[nH]nc2c1CCc1c-2nc(I)nc1C(C)C. The molecule has 0 radical (unpaired) electrons. The molecule has 0 amide bonds. The molecule has 0 bridgehead atoms. The topological polar surface area (TPSA) is 80.8 Å². The molecule has 6 nitrogen and oxygen atoms in total. The van der Waals surface area contributed by atoms with E-state index in [4.69, 9.17) is 4.74 Å². The van der Waals surface area contributed by atoms with Crippen molar-refractivity contribution in [1.82, 2.24) is 20.2 Å². The number of hydrogen-bond donors (Lipinski definition) is 1. The first kappa shape index (κ1) is 15.4. The normalized spacial score (nSPS) is 13.0. The number of nitrogens with one attached hydrogen (secondary N) is 1. The molecule has 22 heavy (non-hydrogen) atoms. The molecule has 2 heterocycles. The third kappa shape index (κ3) is 2.51. The van der Waals surface area contributed by atoms with Crippen molar-refractivity contribution >= 4 is 28.6 Å². The number of hydrogen-bond acceptors (Lipinski definition) is 5. The van der Waals surface area contributed by atoms with E-state index in [1.54, 1.807) is 6.92 Å². The van der Waals surface area contributed by atoms with Gasteiger partial charge in [0.05, 0.1) is 18.0 Å². The minimum Gasteiger partial charge on any atom is -0.461 e. The van der Waals surface area contributed by atoms with Gasteiger partial charge in [0, 0.05) is 33.7 Å². The lowest BCUT2D eigenvalue weighted by Crippen LogP contribution is -2.15. The maximum absolute atomic E-state index is 12.0. The number of H-pyrrole nitrogens is 1. The third-order valence-corrected chi connectivity index (χ3v) is 4.24. The number of halogens is 1. The van der Waals surface area contributed by atoms with E-state index < -0.39 is 0 Å². The van der Waals surface area contributed by atoms with Crippen LogP contribution in [0.5, 0.6) is 0 Å². The summed E-state index contributed by atoms with van der Waals surface area (Å²) in [5.41, 5.74) is 5.16. The number of fused-ring (bicyclic) bond motifs is 3. The van der Waals surface area contributed by atoms with Gasteiger partial charge in [0.1, 0.15) is 11.4 Å². The smallest absolute Gasteiger partial charge is 0.356 e. The minimum absolute atomic E-state index is 0.329. The number of rotatable bonds is 3. The summed E-state index contributed by atoms with van der Waals surface area (Å²) in [4.78, 5) is 21.1. The van der Waals surface area contributed by atoms with Crippen LogP contribution >= 0.6 is 22.6 Å². The van der Waals surface area contributed by atoms with Crippen LogP contribution in [0.3, 0.4) is 0 Å². The molecule has 0 aliphatic heterocycles. The van der Waals surface area contributed by atoms with E-state index in [0.29, 0.717) is 22.0 Å². The molecule has 7 heteroatoms. The van der Waals surface area contributed by atoms with Crippen molar-refractivity contribution in [3.63, 3.8) is 0 Å². The largest absolute Gasteiger partial charge is 0.461 e. The highest BCUT2D eigenvalue weighted by molar-refractivity contribution is 14.1. The van der Waals surface area contributed by atoms with Gasteiger partial charge in [-0.3, -0.25) is 5.10 Å². The molecule has 0 aromatic carbocycles. The molecule has 0 saturated heterocycles. The average molecular weight is 412 g/mol. The fourth-order valence-electron chi connectivity index (χ4n) is 2.82. The second-order valence-corrected chi connectivity index (χ2v) is 6.47. The monoisotopic (exact) mass is 412 g/mol. The predicted molar refractivity (Wildman–Crippen MR) is 89.8 cm³/mol. The van der Waals surface area contributed by atoms with E-state index in [1.807, 2.05) is 0 Å². The van der Waals surface area contributed by atoms with Crippen molar-refractivity contribution in [2.45, 2.75) is 39.5 Å². The van der Waals surface area contributed by atoms with Crippen LogP contribution in [-0.4, -0.2) is 32.7 Å². The molecule has 3 rings (SSSR count). The van der Waals surface area contributed by atoms with Crippen molar-refractivity contribution in [3.8, 4) is 11.4 Å². The van der Waals surface area contributed by atoms with Gasteiger partial charge in [-0.05, 0) is 25.7 Å². The van der Waals surface area contributed by atoms with Crippen LogP contribution in [0.4, 0.5) is 0 Å². The van der Waals surface area contributed by atoms with Gasteiger partial charge in [-0.2, -0.15) is 5.10 Å². The summed E-state index contributed by atoms with van der Waals surface area (Å²) in [6, 6.07) is 0. The van der Waals surface area contributed by atoms with Crippen molar-refractivity contribution in [3.05, 3.63) is 26.3 Å². The molecular weight excluding hydrogens is 395 g/mol. The van der Waals surface area contributed by atoms with Gasteiger partial charge < -0.3 is 4.74 Å². The highest BCUT2D eigenvalue weighted by Gasteiger charge is 2.29. The van der Waals surface area contributed by atoms with Crippen LogP contribution in [0.25, 0.3) is 11.4 Å². The van der Waals surface area contributed by atoms with Gasteiger partial charge in [-0.1, -0.05) is 13.8 Å². The zero-order chi connectivity index (χ0) is 15.9. The van der Waals surface area contributed by atoms with Gasteiger partial charge in [-0.25, -0.2) is 14.8 Å². The fourth-order valence-corrected chi connectivity index (χ4v) is 3.32. The van der Waals surface area contributed by atoms with Crippen LogP contribution in [0.2, 0.25) is 0 Å². The molecule has 1 aliphatic carbocycles. The standard InChI is InChI=1S/C15H17IN4O2/c1-4-22-14(21)13-9-6-5-8-10(7(2)3)17-15(16)18-11(8)12(9)19-20-13/h7H,4-6H2,1-3H3,(H,19,20). The summed E-state index contributed by atoms with van der Waals surface area (Å²) in [5, 5.41) is 7.15. The average Bonchev–Trinajstić information content (AvgIpc) is 2.90. The number of esters is 1. The number of ether oxygens (including phenoxy) is 1. The van der Waals surface area contributed by atoms with E-state index in [0.717, 1.165) is 41.1 Å². The predicted octanol–water partition coefficient (Wildman–Crippen LogP) is 2.87. The summed E-state index contributed by atoms with van der Waals surface area (Å²) in [5.74, 6) is -0.0252. The molecular formula is C15H17IN4O2. The van der Waals surface area contributed by atoms with E-state index >= 15 is 0 Å². The highest BCUT2D eigenvalue weighted by Crippen LogP contribution is 2.35. The Hall–Kier alpha value is -1.51. The Morgan fingerprint density at radius 1 is 1.27 bits per heavy atom. The molecule has 0 atom stereocenters. The van der Waals surface area contributed by atoms with Crippen molar-refractivity contribution in [2.24, 2.45) is 0 Å². The summed E-state index contributed by atoms with van der Waals surface area (Å²) >= 11 is 2.13. The fraction of sp³-hybridized carbons (Fsp3) is 0.467. The highest BCUT2D eigenvalue weighted by atomic mass is 127. The summed E-state index contributed by atoms with van der Waals surface area (Å²) in [7, 11) is 0. The maximum atomic E-state index is 12.0. The summed E-state index contributed by atoms with van der Waals surface area (Å²) in [6.07, 6.45) is 1.56. The van der Waals surface area contributed by atoms with Gasteiger partial charge in [-0.15, -0.1) is 0 Å². The van der Waals surface area contributed by atoms with Crippen molar-refractivity contribution in [1.29, 1.82) is 0 Å². The molecule has 2 aromatic heterocycles. The van der Waals surface area contributed by atoms with Gasteiger partial charge in [0.15, 0.2) is 3.83 Å². The minimum atomic E-state index is -0.354. The first-order valence-electron chi connectivity index (χ1n) is 7.34. The van der Waals surface area contributed by atoms with Gasteiger partial charge in [0.25, 0.3) is 0 Å². The first-order valence-corrected chi connectivity index (χ1v) is 8.41. The molecule has 2 aromatic rings. The lowest BCUT2D eigenvalue weighted by atomic mass is 9.89.